The highest BCUT2D eigenvalue weighted by molar-refractivity contribution is 5.93. The number of nitrogens with two attached hydrogens (primary N) is 1. The fraction of sp³-hybridized carbons (Fsp3) is 0.148. The lowest BCUT2D eigenvalue weighted by Crippen LogP contribution is -2.11. The maximum absolute atomic E-state index is 11.6. The Bertz CT molecular complexity index is 1500. The van der Waals surface area contributed by atoms with Gasteiger partial charge in [-0.2, -0.15) is 0 Å². The molecule has 3 aromatic heterocycles. The highest BCUT2D eigenvalue weighted by atomic mass is 16.1. The predicted octanol–water partition coefficient (Wildman–Crippen LogP) is 4.90. The van der Waals surface area contributed by atoms with Crippen LogP contribution in [0.15, 0.2) is 73.1 Å². The number of amides is 1. The second-order valence-corrected chi connectivity index (χ2v) is 8.51. The molecule has 3 heterocycles. The van der Waals surface area contributed by atoms with Gasteiger partial charge in [-0.15, -0.1) is 0 Å². The Labute approximate surface area is 197 Å². The Hall–Kier alpha value is -4.39. The van der Waals surface area contributed by atoms with E-state index < -0.39 is 5.91 Å². The molecule has 0 aliphatic heterocycles. The highest BCUT2D eigenvalue weighted by Crippen LogP contribution is 2.32. The molecule has 0 aliphatic rings. The minimum atomic E-state index is -0.449. The molecule has 0 bridgehead atoms. The van der Waals surface area contributed by atoms with E-state index >= 15 is 0 Å². The number of imidazole rings is 1. The number of primary amides is 1. The largest absolute Gasteiger partial charge is 0.366 e. The van der Waals surface area contributed by atoms with E-state index in [1.165, 1.54) is 0 Å². The molecule has 0 aliphatic carbocycles. The van der Waals surface area contributed by atoms with Crippen LogP contribution in [0.25, 0.3) is 33.7 Å². The van der Waals surface area contributed by atoms with E-state index in [-0.39, 0.29) is 0 Å². The third-order valence-corrected chi connectivity index (χ3v) is 5.70. The average Bonchev–Trinajstić information content (AvgIpc) is 3.27. The second-order valence-electron chi connectivity index (χ2n) is 8.51. The maximum Gasteiger partial charge on any atom is 0.248 e. The van der Waals surface area contributed by atoms with Crippen LogP contribution in [0, 0.1) is 0 Å². The number of nitrogens with zero attached hydrogens (tertiary/aromatic N) is 4. The number of carbonyl (C=O) groups excluding carboxylic acids is 1. The van der Waals surface area contributed by atoms with Gasteiger partial charge >= 0.3 is 0 Å². The number of benzene rings is 2. The standard InChI is InChI=1S/C27H24N6O/c1-16(2)20-7-4-8-22(31-20)26-25(18-9-10-21-23(15-18)30-12-11-29-21)32-24(33-26)14-17-5-3-6-19(13-17)27(28)34/h3-13,15-16H,14H2,1-2H3,(H2,28,34)(H,32,33). The molecule has 0 atom stereocenters. The van der Waals surface area contributed by atoms with Crippen LogP contribution in [-0.4, -0.2) is 30.8 Å². The molecule has 0 spiro atoms. The topological polar surface area (TPSA) is 110 Å². The number of nitrogens with one attached hydrogen (secondary N) is 1. The summed E-state index contributed by atoms with van der Waals surface area (Å²) >= 11 is 0. The molecule has 2 aromatic carbocycles. The zero-order valence-corrected chi connectivity index (χ0v) is 19.0. The van der Waals surface area contributed by atoms with Crippen LogP contribution in [0.2, 0.25) is 0 Å². The average molecular weight is 449 g/mol. The molecule has 5 aromatic rings. The number of H-pyrrole nitrogens is 1. The number of hydrogen-bond acceptors (Lipinski definition) is 5. The SMILES string of the molecule is CC(C)c1cccc(-c2[nH]c(Cc3cccc(C(N)=O)c3)nc2-c2ccc3nccnc3c2)n1. The molecule has 0 fully saturated rings. The Balaban J connectivity index is 1.62. The number of pyridine rings is 1. The van der Waals surface area contributed by atoms with Crippen LogP contribution in [0.4, 0.5) is 0 Å². The number of hydrogen-bond donors (Lipinski definition) is 2. The summed E-state index contributed by atoms with van der Waals surface area (Å²) in [5.41, 5.74) is 12.9. The molecule has 34 heavy (non-hydrogen) atoms. The van der Waals surface area contributed by atoms with E-state index in [1.54, 1.807) is 24.5 Å². The van der Waals surface area contributed by atoms with Crippen molar-refractivity contribution in [1.29, 1.82) is 0 Å². The van der Waals surface area contributed by atoms with Crippen LogP contribution in [0.3, 0.4) is 0 Å². The predicted molar refractivity (Wildman–Crippen MR) is 132 cm³/mol. The second kappa shape index (κ2) is 8.86. The molecule has 0 saturated heterocycles. The van der Waals surface area contributed by atoms with Gasteiger partial charge in [-0.3, -0.25) is 19.7 Å². The van der Waals surface area contributed by atoms with Gasteiger partial charge in [-0.1, -0.05) is 38.1 Å². The van der Waals surface area contributed by atoms with Gasteiger partial charge in [-0.05, 0) is 47.9 Å². The Morgan fingerprint density at radius 1 is 0.941 bits per heavy atom. The monoisotopic (exact) mass is 448 g/mol. The number of carbonyl (C=O) groups is 1. The molecule has 168 valence electrons. The Kier molecular flexibility index (Phi) is 5.59. The van der Waals surface area contributed by atoms with E-state index in [4.69, 9.17) is 15.7 Å². The van der Waals surface area contributed by atoms with Crippen LogP contribution >= 0.6 is 0 Å². The van der Waals surface area contributed by atoms with Gasteiger partial charge in [-0.25, -0.2) is 4.98 Å². The fourth-order valence-corrected chi connectivity index (χ4v) is 3.95. The van der Waals surface area contributed by atoms with E-state index in [0.29, 0.717) is 17.9 Å². The van der Waals surface area contributed by atoms with E-state index in [0.717, 1.165) is 50.8 Å². The van der Waals surface area contributed by atoms with Crippen LogP contribution in [0.5, 0.6) is 0 Å². The molecule has 0 saturated carbocycles. The highest BCUT2D eigenvalue weighted by Gasteiger charge is 2.17. The number of aromatic amines is 1. The Morgan fingerprint density at radius 3 is 2.53 bits per heavy atom. The quantitative estimate of drug-likeness (QED) is 0.384. The molecule has 1 amide bonds. The van der Waals surface area contributed by atoms with Crippen molar-refractivity contribution in [2.24, 2.45) is 5.73 Å². The third-order valence-electron chi connectivity index (χ3n) is 5.70. The van der Waals surface area contributed by atoms with Gasteiger partial charge in [0.25, 0.3) is 0 Å². The molecule has 5 rings (SSSR count). The molecular weight excluding hydrogens is 424 g/mol. The summed E-state index contributed by atoms with van der Waals surface area (Å²) < 4.78 is 0. The van der Waals surface area contributed by atoms with E-state index in [2.05, 4.69) is 28.8 Å². The van der Waals surface area contributed by atoms with Gasteiger partial charge in [0, 0.05) is 35.6 Å². The summed E-state index contributed by atoms with van der Waals surface area (Å²) in [6, 6.07) is 19.3. The van der Waals surface area contributed by atoms with Crippen molar-refractivity contribution < 1.29 is 4.79 Å². The first-order valence-electron chi connectivity index (χ1n) is 11.1. The van der Waals surface area contributed by atoms with Crippen molar-refractivity contribution in [2.75, 3.05) is 0 Å². The minimum Gasteiger partial charge on any atom is -0.366 e. The van der Waals surface area contributed by atoms with E-state index in [9.17, 15) is 4.79 Å². The molecule has 0 unspecified atom stereocenters. The van der Waals surface area contributed by atoms with Gasteiger partial charge < -0.3 is 10.7 Å². The first-order chi connectivity index (χ1) is 16.5. The minimum absolute atomic E-state index is 0.304. The number of rotatable bonds is 6. The summed E-state index contributed by atoms with van der Waals surface area (Å²) in [5.74, 6) is 0.621. The van der Waals surface area contributed by atoms with Crippen LogP contribution in [-0.2, 0) is 6.42 Å². The fourth-order valence-electron chi connectivity index (χ4n) is 3.95. The number of fused-ring (bicyclic) bond motifs is 1. The zero-order chi connectivity index (χ0) is 23.7. The van der Waals surface area contributed by atoms with Gasteiger partial charge in [0.15, 0.2) is 0 Å². The first-order valence-corrected chi connectivity index (χ1v) is 11.1. The van der Waals surface area contributed by atoms with Gasteiger partial charge in [0.2, 0.25) is 5.91 Å². The number of aromatic nitrogens is 5. The first kappa shape index (κ1) is 21.5. The molecule has 0 radical (unpaired) electrons. The van der Waals surface area contributed by atoms with Gasteiger partial charge in [0.1, 0.15) is 5.82 Å². The molecule has 7 nitrogen and oxygen atoms in total. The van der Waals surface area contributed by atoms with Crippen molar-refractivity contribution in [3.63, 3.8) is 0 Å². The lowest BCUT2D eigenvalue weighted by molar-refractivity contribution is 0.1000. The Morgan fingerprint density at radius 2 is 1.74 bits per heavy atom. The maximum atomic E-state index is 11.6. The lowest BCUT2D eigenvalue weighted by atomic mass is 10.1. The normalized spacial score (nSPS) is 11.3. The van der Waals surface area contributed by atoms with Crippen molar-refractivity contribution >= 4 is 16.9 Å². The summed E-state index contributed by atoms with van der Waals surface area (Å²) in [5, 5.41) is 0. The van der Waals surface area contributed by atoms with Crippen LogP contribution in [0.1, 0.15) is 47.2 Å². The van der Waals surface area contributed by atoms with Crippen LogP contribution < -0.4 is 5.73 Å². The third kappa shape index (κ3) is 4.28. The molecule has 7 heteroatoms. The summed E-state index contributed by atoms with van der Waals surface area (Å²) in [4.78, 5) is 33.7. The zero-order valence-electron chi connectivity index (χ0n) is 19.0. The summed E-state index contributed by atoms with van der Waals surface area (Å²) in [6.45, 7) is 4.25. The van der Waals surface area contributed by atoms with Crippen molar-refractivity contribution in [3.05, 3.63) is 95.7 Å². The van der Waals surface area contributed by atoms with Gasteiger partial charge in [0.05, 0.1) is 28.1 Å². The smallest absolute Gasteiger partial charge is 0.248 e. The lowest BCUT2D eigenvalue weighted by Gasteiger charge is -2.08. The van der Waals surface area contributed by atoms with Crippen molar-refractivity contribution in [2.45, 2.75) is 26.2 Å². The van der Waals surface area contributed by atoms with E-state index in [1.807, 2.05) is 48.5 Å². The molecular formula is C27H24N6O. The summed E-state index contributed by atoms with van der Waals surface area (Å²) in [7, 11) is 0. The van der Waals surface area contributed by atoms with Crippen molar-refractivity contribution in [1.82, 2.24) is 24.9 Å². The van der Waals surface area contributed by atoms with Crippen molar-refractivity contribution in [3.8, 4) is 22.6 Å². The summed E-state index contributed by atoms with van der Waals surface area (Å²) in [6.07, 6.45) is 3.88. The molecule has 3 N–H and O–H groups in total.